The van der Waals surface area contributed by atoms with E-state index < -0.39 is 5.60 Å². The van der Waals surface area contributed by atoms with E-state index in [1.54, 1.807) is 0 Å². The van der Waals surface area contributed by atoms with Crippen LogP contribution in [0.25, 0.3) is 0 Å². The summed E-state index contributed by atoms with van der Waals surface area (Å²) >= 11 is 0. The molecule has 0 spiro atoms. The molecular formula is C14H23NO2. The first-order chi connectivity index (χ1) is 8.02. The molecule has 0 aliphatic carbocycles. The first-order valence-corrected chi connectivity index (χ1v) is 6.22. The zero-order valence-corrected chi connectivity index (χ0v) is 10.9. The highest BCUT2D eigenvalue weighted by atomic mass is 16.5. The molecule has 17 heavy (non-hydrogen) atoms. The Morgan fingerprint density at radius 2 is 1.88 bits per heavy atom. The first-order valence-electron chi connectivity index (χ1n) is 6.22. The fourth-order valence-electron chi connectivity index (χ4n) is 1.65. The predicted molar refractivity (Wildman–Crippen MR) is 70.1 cm³/mol. The summed E-state index contributed by atoms with van der Waals surface area (Å²) in [5.74, 6) is 0.767. The van der Waals surface area contributed by atoms with Gasteiger partial charge in [0.1, 0.15) is 12.4 Å². The lowest BCUT2D eigenvalue weighted by molar-refractivity contribution is -0.0116. The molecule has 0 amide bonds. The summed E-state index contributed by atoms with van der Waals surface area (Å²) in [6.07, 6.45) is 1.37. The topological polar surface area (TPSA) is 55.5 Å². The lowest BCUT2D eigenvalue weighted by Crippen LogP contribution is -2.34. The maximum absolute atomic E-state index is 10.2. The minimum absolute atomic E-state index is 0.0671. The summed E-state index contributed by atoms with van der Waals surface area (Å²) in [7, 11) is 0. The Balaban J connectivity index is 2.75. The highest BCUT2D eigenvalue weighted by Gasteiger charge is 2.23. The maximum Gasteiger partial charge on any atom is 0.124 e. The van der Waals surface area contributed by atoms with Crippen LogP contribution < -0.4 is 10.5 Å². The van der Waals surface area contributed by atoms with Crippen LogP contribution in [0.3, 0.4) is 0 Å². The molecule has 0 fully saturated rings. The van der Waals surface area contributed by atoms with Gasteiger partial charge in [0.15, 0.2) is 0 Å². The number of aliphatic hydroxyl groups is 1. The Bertz CT molecular complexity index is 346. The molecule has 0 aromatic heterocycles. The van der Waals surface area contributed by atoms with Crippen LogP contribution in [0.15, 0.2) is 24.3 Å². The molecule has 0 saturated carbocycles. The number of hydrogen-bond acceptors (Lipinski definition) is 3. The quantitative estimate of drug-likeness (QED) is 0.799. The summed E-state index contributed by atoms with van der Waals surface area (Å²) in [5.41, 5.74) is 6.11. The van der Waals surface area contributed by atoms with Crippen molar-refractivity contribution in [1.82, 2.24) is 0 Å². The molecule has 96 valence electrons. The van der Waals surface area contributed by atoms with Crippen LogP contribution in [-0.2, 0) is 0 Å². The Morgan fingerprint density at radius 1 is 1.29 bits per heavy atom. The third kappa shape index (κ3) is 3.72. The van der Waals surface area contributed by atoms with Gasteiger partial charge in [-0.25, -0.2) is 0 Å². The molecule has 3 N–H and O–H groups in total. The minimum Gasteiger partial charge on any atom is -0.490 e. The van der Waals surface area contributed by atoms with E-state index in [4.69, 9.17) is 10.5 Å². The highest BCUT2D eigenvalue weighted by molar-refractivity contribution is 5.35. The molecule has 1 aromatic rings. The van der Waals surface area contributed by atoms with Crippen LogP contribution in [0, 0.1) is 0 Å². The molecule has 0 bridgehead atoms. The fourth-order valence-corrected chi connectivity index (χ4v) is 1.65. The van der Waals surface area contributed by atoms with Crippen molar-refractivity contribution in [3.63, 3.8) is 0 Å². The zero-order valence-electron chi connectivity index (χ0n) is 10.9. The molecule has 0 unspecified atom stereocenters. The van der Waals surface area contributed by atoms with Gasteiger partial charge in [-0.1, -0.05) is 32.0 Å². The van der Waals surface area contributed by atoms with Crippen molar-refractivity contribution in [2.24, 2.45) is 5.73 Å². The van der Waals surface area contributed by atoms with Crippen molar-refractivity contribution in [3.8, 4) is 5.75 Å². The largest absolute Gasteiger partial charge is 0.490 e. The number of rotatable bonds is 6. The molecule has 1 aromatic carbocycles. The fraction of sp³-hybridized carbons (Fsp3) is 0.571. The smallest absolute Gasteiger partial charge is 0.124 e. The molecular weight excluding hydrogens is 214 g/mol. The molecule has 0 radical (unpaired) electrons. The molecule has 0 aliphatic rings. The third-order valence-corrected chi connectivity index (χ3v) is 3.22. The average molecular weight is 237 g/mol. The summed E-state index contributed by atoms with van der Waals surface area (Å²) in [4.78, 5) is 0. The predicted octanol–water partition coefficient (Wildman–Crippen LogP) is 2.64. The molecule has 1 rings (SSSR count). The van der Waals surface area contributed by atoms with Crippen LogP contribution in [0.2, 0.25) is 0 Å². The third-order valence-electron chi connectivity index (χ3n) is 3.22. The summed E-state index contributed by atoms with van der Waals surface area (Å²) in [6, 6.07) is 7.64. The van der Waals surface area contributed by atoms with Crippen molar-refractivity contribution in [1.29, 1.82) is 0 Å². The molecule has 3 heteroatoms. The highest BCUT2D eigenvalue weighted by Crippen LogP contribution is 2.25. The van der Waals surface area contributed by atoms with Crippen molar-refractivity contribution in [2.45, 2.75) is 45.3 Å². The molecule has 0 aliphatic heterocycles. The van der Waals surface area contributed by atoms with Crippen molar-refractivity contribution in [3.05, 3.63) is 29.8 Å². The van der Waals surface area contributed by atoms with E-state index >= 15 is 0 Å². The maximum atomic E-state index is 10.2. The van der Waals surface area contributed by atoms with Crippen molar-refractivity contribution < 1.29 is 9.84 Å². The van der Waals surface area contributed by atoms with Gasteiger partial charge < -0.3 is 15.6 Å². The van der Waals surface area contributed by atoms with Gasteiger partial charge in [-0.3, -0.25) is 0 Å². The Labute approximate surface area is 104 Å². The lowest BCUT2D eigenvalue weighted by Gasteiger charge is -2.26. The molecule has 1 atom stereocenters. The van der Waals surface area contributed by atoms with Crippen molar-refractivity contribution >= 4 is 0 Å². The second-order valence-electron chi connectivity index (χ2n) is 4.55. The van der Waals surface area contributed by atoms with E-state index in [0.717, 1.165) is 11.3 Å². The first kappa shape index (κ1) is 14.0. The lowest BCUT2D eigenvalue weighted by atomic mass is 9.99. The second kappa shape index (κ2) is 6.03. The van der Waals surface area contributed by atoms with E-state index in [-0.39, 0.29) is 6.04 Å². The Kier molecular flexibility index (Phi) is 4.97. The number of benzene rings is 1. The van der Waals surface area contributed by atoms with Gasteiger partial charge in [-0.05, 0) is 25.8 Å². The van der Waals surface area contributed by atoms with Gasteiger partial charge in [0.2, 0.25) is 0 Å². The summed E-state index contributed by atoms with van der Waals surface area (Å²) < 4.78 is 5.72. The summed E-state index contributed by atoms with van der Waals surface area (Å²) in [6.45, 7) is 6.16. The Hall–Kier alpha value is -1.06. The van der Waals surface area contributed by atoms with Gasteiger partial charge in [0, 0.05) is 11.6 Å². The average Bonchev–Trinajstić information content (AvgIpc) is 2.36. The monoisotopic (exact) mass is 237 g/mol. The molecule has 0 heterocycles. The van der Waals surface area contributed by atoms with Gasteiger partial charge in [0.05, 0.1) is 5.60 Å². The van der Waals surface area contributed by atoms with E-state index in [1.807, 2.05) is 45.0 Å². The Morgan fingerprint density at radius 3 is 2.41 bits per heavy atom. The zero-order chi connectivity index (χ0) is 12.9. The van der Waals surface area contributed by atoms with E-state index in [0.29, 0.717) is 19.4 Å². The van der Waals surface area contributed by atoms with E-state index in [2.05, 4.69) is 0 Å². The molecule has 0 saturated heterocycles. The van der Waals surface area contributed by atoms with E-state index in [1.165, 1.54) is 0 Å². The van der Waals surface area contributed by atoms with Crippen LogP contribution >= 0.6 is 0 Å². The van der Waals surface area contributed by atoms with E-state index in [9.17, 15) is 5.11 Å². The van der Waals surface area contributed by atoms with Crippen molar-refractivity contribution in [2.75, 3.05) is 6.61 Å². The van der Waals surface area contributed by atoms with Gasteiger partial charge >= 0.3 is 0 Å². The van der Waals surface area contributed by atoms with Gasteiger partial charge in [-0.2, -0.15) is 0 Å². The second-order valence-corrected chi connectivity index (χ2v) is 4.55. The van der Waals surface area contributed by atoms with Crippen LogP contribution in [0.4, 0.5) is 0 Å². The SMILES string of the molecule is CCC(O)(CC)COc1ccccc1[C@@H](C)N. The summed E-state index contributed by atoms with van der Waals surface area (Å²) in [5, 5.41) is 10.2. The number of para-hydroxylation sites is 1. The standard InChI is InChI=1S/C14H23NO2/c1-4-14(16,5-2)10-17-13-9-7-6-8-12(13)11(3)15/h6-9,11,16H,4-5,10,15H2,1-3H3/t11-/m1/s1. The molecule has 3 nitrogen and oxygen atoms in total. The van der Waals surface area contributed by atoms with Gasteiger partial charge in [0.25, 0.3) is 0 Å². The van der Waals surface area contributed by atoms with Crippen LogP contribution in [0.5, 0.6) is 5.75 Å². The van der Waals surface area contributed by atoms with Crippen LogP contribution in [0.1, 0.15) is 45.2 Å². The minimum atomic E-state index is -0.745. The van der Waals surface area contributed by atoms with Gasteiger partial charge in [-0.15, -0.1) is 0 Å². The number of nitrogens with two attached hydrogens (primary N) is 1. The number of hydrogen-bond donors (Lipinski definition) is 2. The number of ether oxygens (including phenoxy) is 1. The normalized spacial score (nSPS) is 13.5. The van der Waals surface area contributed by atoms with Crippen LogP contribution in [-0.4, -0.2) is 17.3 Å².